The van der Waals surface area contributed by atoms with Crippen LogP contribution in [0.25, 0.3) is 0 Å². The molecule has 0 bridgehead atoms. The first-order valence-electron chi connectivity index (χ1n) is 5.77. The van der Waals surface area contributed by atoms with Gasteiger partial charge in [0, 0.05) is 30.7 Å². The Morgan fingerprint density at radius 3 is 3.18 bits per heavy atom. The maximum Gasteiger partial charge on any atom is 0.125 e. The van der Waals surface area contributed by atoms with Crippen molar-refractivity contribution in [2.45, 2.75) is 13.0 Å². The van der Waals surface area contributed by atoms with Gasteiger partial charge in [0.1, 0.15) is 11.6 Å². The molecule has 0 fully saturated rings. The molecule has 88 valence electrons. The zero-order valence-electron chi connectivity index (χ0n) is 9.81. The maximum absolute atomic E-state index is 5.27. The first-order chi connectivity index (χ1) is 8.36. The molecule has 0 spiro atoms. The molecule has 1 aromatic carbocycles. The predicted molar refractivity (Wildman–Crippen MR) is 66.3 cm³/mol. The molecule has 0 aliphatic carbocycles. The lowest BCUT2D eigenvalue weighted by Crippen LogP contribution is -2.20. The van der Waals surface area contributed by atoms with Crippen LogP contribution in [0.4, 0.5) is 5.69 Å². The maximum atomic E-state index is 5.27. The van der Waals surface area contributed by atoms with Crippen molar-refractivity contribution in [3.05, 3.63) is 42.0 Å². The van der Waals surface area contributed by atoms with E-state index in [1.165, 1.54) is 11.3 Å². The number of methoxy groups -OCH3 is 1. The van der Waals surface area contributed by atoms with Crippen molar-refractivity contribution in [2.75, 3.05) is 18.6 Å². The van der Waals surface area contributed by atoms with Crippen molar-refractivity contribution in [2.24, 2.45) is 0 Å². The van der Waals surface area contributed by atoms with Gasteiger partial charge in [0.05, 0.1) is 13.7 Å². The number of fused-ring (bicyclic) bond motifs is 1. The Morgan fingerprint density at radius 1 is 1.47 bits per heavy atom. The van der Waals surface area contributed by atoms with Crippen molar-refractivity contribution in [1.29, 1.82) is 0 Å². The van der Waals surface area contributed by atoms with Gasteiger partial charge in [0.25, 0.3) is 0 Å². The lowest BCUT2D eigenvalue weighted by molar-refractivity contribution is 0.415. The van der Waals surface area contributed by atoms with Gasteiger partial charge in [0.2, 0.25) is 0 Å². The van der Waals surface area contributed by atoms with E-state index in [0.29, 0.717) is 0 Å². The van der Waals surface area contributed by atoms with Crippen LogP contribution < -0.4 is 9.64 Å². The van der Waals surface area contributed by atoms with E-state index >= 15 is 0 Å². The van der Waals surface area contributed by atoms with E-state index in [2.05, 4.69) is 27.0 Å². The molecule has 4 heteroatoms. The highest BCUT2D eigenvalue weighted by atomic mass is 16.5. The summed E-state index contributed by atoms with van der Waals surface area (Å²) in [5.74, 6) is 1.91. The number of nitrogens with one attached hydrogen (secondary N) is 1. The number of anilines is 1. The molecule has 2 heterocycles. The predicted octanol–water partition coefficient (Wildman–Crippen LogP) is 1.98. The lowest BCUT2D eigenvalue weighted by Gasteiger charge is -2.18. The Morgan fingerprint density at radius 2 is 2.41 bits per heavy atom. The average molecular weight is 229 g/mol. The van der Waals surface area contributed by atoms with Crippen LogP contribution in [0.3, 0.4) is 0 Å². The van der Waals surface area contributed by atoms with E-state index in [9.17, 15) is 0 Å². The fraction of sp³-hybridized carbons (Fsp3) is 0.308. The molecule has 0 unspecified atom stereocenters. The summed E-state index contributed by atoms with van der Waals surface area (Å²) in [6.45, 7) is 1.87. The van der Waals surface area contributed by atoms with Crippen LogP contribution in [0.15, 0.2) is 30.6 Å². The molecular formula is C13H15N3O. The van der Waals surface area contributed by atoms with Crippen LogP contribution >= 0.6 is 0 Å². The first kappa shape index (κ1) is 10.2. The summed E-state index contributed by atoms with van der Waals surface area (Å²) >= 11 is 0. The van der Waals surface area contributed by atoms with Crippen molar-refractivity contribution < 1.29 is 4.74 Å². The van der Waals surface area contributed by atoms with Gasteiger partial charge in [-0.25, -0.2) is 4.98 Å². The summed E-state index contributed by atoms with van der Waals surface area (Å²) in [5.41, 5.74) is 2.65. The number of benzene rings is 1. The summed E-state index contributed by atoms with van der Waals surface area (Å²) in [4.78, 5) is 9.74. The highest BCUT2D eigenvalue weighted by Crippen LogP contribution is 2.32. The minimum absolute atomic E-state index is 0.827. The molecular weight excluding hydrogens is 214 g/mol. The van der Waals surface area contributed by atoms with Gasteiger partial charge in [-0.1, -0.05) is 6.07 Å². The summed E-state index contributed by atoms with van der Waals surface area (Å²) in [5, 5.41) is 0. The van der Waals surface area contributed by atoms with E-state index in [-0.39, 0.29) is 0 Å². The second-order valence-electron chi connectivity index (χ2n) is 4.20. The van der Waals surface area contributed by atoms with E-state index in [0.717, 1.165) is 31.1 Å². The summed E-state index contributed by atoms with van der Waals surface area (Å²) in [7, 11) is 1.70. The van der Waals surface area contributed by atoms with Crippen molar-refractivity contribution in [3.8, 4) is 5.75 Å². The SMILES string of the molecule is COc1ccc2c(c1)N(Cc1ncc[nH]1)CC2. The number of H-pyrrole nitrogens is 1. The monoisotopic (exact) mass is 229 g/mol. The highest BCUT2D eigenvalue weighted by molar-refractivity contribution is 5.60. The van der Waals surface area contributed by atoms with Crippen LogP contribution in [-0.4, -0.2) is 23.6 Å². The molecule has 4 nitrogen and oxygen atoms in total. The third-order valence-electron chi connectivity index (χ3n) is 3.18. The third-order valence-corrected chi connectivity index (χ3v) is 3.18. The Bertz CT molecular complexity index is 507. The van der Waals surface area contributed by atoms with Crippen molar-refractivity contribution in [3.63, 3.8) is 0 Å². The minimum Gasteiger partial charge on any atom is -0.497 e. The van der Waals surface area contributed by atoms with Gasteiger partial charge >= 0.3 is 0 Å². The van der Waals surface area contributed by atoms with E-state index in [1.807, 2.05) is 12.3 Å². The molecule has 0 saturated carbocycles. The first-order valence-corrected chi connectivity index (χ1v) is 5.77. The number of imidazole rings is 1. The van der Waals surface area contributed by atoms with Crippen LogP contribution in [0.1, 0.15) is 11.4 Å². The van der Waals surface area contributed by atoms with Crippen molar-refractivity contribution in [1.82, 2.24) is 9.97 Å². The summed E-state index contributed by atoms with van der Waals surface area (Å²) in [6, 6.07) is 6.27. The second-order valence-corrected chi connectivity index (χ2v) is 4.20. The number of rotatable bonds is 3. The van der Waals surface area contributed by atoms with Gasteiger partial charge in [-0.3, -0.25) is 0 Å². The van der Waals surface area contributed by atoms with E-state index < -0.39 is 0 Å². The lowest BCUT2D eigenvalue weighted by atomic mass is 10.1. The fourth-order valence-electron chi connectivity index (χ4n) is 2.28. The van der Waals surface area contributed by atoms with Crippen LogP contribution in [0.2, 0.25) is 0 Å². The van der Waals surface area contributed by atoms with Crippen LogP contribution in [0, 0.1) is 0 Å². The van der Waals surface area contributed by atoms with Crippen LogP contribution in [-0.2, 0) is 13.0 Å². The topological polar surface area (TPSA) is 41.1 Å². The standard InChI is InChI=1S/C13H15N3O/c1-17-11-3-2-10-4-7-16(12(10)8-11)9-13-14-5-6-15-13/h2-3,5-6,8H,4,7,9H2,1H3,(H,14,15). The molecule has 2 aromatic rings. The number of aromatic amines is 1. The molecule has 0 saturated heterocycles. The van der Waals surface area contributed by atoms with Gasteiger partial charge in [0.15, 0.2) is 0 Å². The molecule has 3 rings (SSSR count). The Labute approximate surface area is 100 Å². The number of hydrogen-bond donors (Lipinski definition) is 1. The van der Waals surface area contributed by atoms with Gasteiger partial charge in [-0.2, -0.15) is 0 Å². The van der Waals surface area contributed by atoms with Gasteiger partial charge in [-0.15, -0.1) is 0 Å². The number of nitrogens with zero attached hydrogens (tertiary/aromatic N) is 2. The average Bonchev–Trinajstić information content (AvgIpc) is 2.99. The van der Waals surface area contributed by atoms with Gasteiger partial charge < -0.3 is 14.6 Å². The molecule has 0 radical (unpaired) electrons. The molecule has 1 aromatic heterocycles. The Hall–Kier alpha value is -1.97. The second kappa shape index (κ2) is 4.13. The largest absolute Gasteiger partial charge is 0.497 e. The van der Waals surface area contributed by atoms with Crippen LogP contribution in [0.5, 0.6) is 5.75 Å². The molecule has 1 N–H and O–H groups in total. The van der Waals surface area contributed by atoms with E-state index in [4.69, 9.17) is 4.74 Å². The normalized spacial score (nSPS) is 13.8. The number of aromatic nitrogens is 2. The smallest absolute Gasteiger partial charge is 0.125 e. The molecule has 17 heavy (non-hydrogen) atoms. The molecule has 1 aliphatic heterocycles. The van der Waals surface area contributed by atoms with Gasteiger partial charge in [-0.05, 0) is 18.1 Å². The molecule has 1 aliphatic rings. The highest BCUT2D eigenvalue weighted by Gasteiger charge is 2.20. The number of ether oxygens (including phenoxy) is 1. The zero-order valence-corrected chi connectivity index (χ0v) is 9.81. The molecule has 0 amide bonds. The third kappa shape index (κ3) is 1.86. The summed E-state index contributed by atoms with van der Waals surface area (Å²) in [6.07, 6.45) is 4.75. The minimum atomic E-state index is 0.827. The quantitative estimate of drug-likeness (QED) is 0.875. The van der Waals surface area contributed by atoms with E-state index in [1.54, 1.807) is 13.3 Å². The van der Waals surface area contributed by atoms with Crippen molar-refractivity contribution >= 4 is 5.69 Å². The molecule has 0 atom stereocenters. The fourth-order valence-corrected chi connectivity index (χ4v) is 2.28. The zero-order chi connectivity index (χ0) is 11.7. The Balaban J connectivity index is 1.87. The summed E-state index contributed by atoms with van der Waals surface area (Å²) < 4.78 is 5.27. The Kier molecular flexibility index (Phi) is 2.48. The number of hydrogen-bond acceptors (Lipinski definition) is 3.